The first-order chi connectivity index (χ1) is 16.1. The first-order valence-corrected chi connectivity index (χ1v) is 10.5. The van der Waals surface area contributed by atoms with Crippen LogP contribution in [0.4, 0.5) is 4.79 Å². The molecule has 0 saturated carbocycles. The van der Waals surface area contributed by atoms with Crippen LogP contribution in [0.1, 0.15) is 16.7 Å². The lowest BCUT2D eigenvalue weighted by atomic mass is 9.82. The van der Waals surface area contributed by atoms with Crippen LogP contribution in [0.5, 0.6) is 11.5 Å². The van der Waals surface area contributed by atoms with Gasteiger partial charge in [0, 0.05) is 6.54 Å². The Morgan fingerprint density at radius 1 is 0.909 bits per heavy atom. The predicted octanol–water partition coefficient (Wildman–Crippen LogP) is 2.53. The van der Waals surface area contributed by atoms with E-state index >= 15 is 0 Å². The lowest BCUT2D eigenvalue weighted by molar-refractivity contribution is -0.134. The summed E-state index contributed by atoms with van der Waals surface area (Å²) in [5, 5.41) is 5.59. The number of ether oxygens (including phenoxy) is 2. The van der Waals surface area contributed by atoms with Gasteiger partial charge in [0.2, 0.25) is 12.7 Å². The predicted molar refractivity (Wildman–Crippen MR) is 118 cm³/mol. The number of amides is 4. The van der Waals surface area contributed by atoms with Gasteiger partial charge in [-0.3, -0.25) is 14.5 Å². The second-order valence-electron chi connectivity index (χ2n) is 7.77. The summed E-state index contributed by atoms with van der Waals surface area (Å²) >= 11 is 0. The Bertz CT molecular complexity index is 1170. The number of urea groups is 1. The van der Waals surface area contributed by atoms with Gasteiger partial charge in [0.25, 0.3) is 5.91 Å². The van der Waals surface area contributed by atoms with Crippen molar-refractivity contribution in [2.45, 2.75) is 12.1 Å². The van der Waals surface area contributed by atoms with Crippen LogP contribution in [0.15, 0.2) is 78.9 Å². The van der Waals surface area contributed by atoms with Crippen molar-refractivity contribution >= 4 is 17.8 Å². The molecule has 8 heteroatoms. The summed E-state index contributed by atoms with van der Waals surface area (Å²) in [7, 11) is 0. The summed E-state index contributed by atoms with van der Waals surface area (Å²) in [4.78, 5) is 40.1. The lowest BCUT2D eigenvalue weighted by Gasteiger charge is -2.28. The zero-order chi connectivity index (χ0) is 22.8. The van der Waals surface area contributed by atoms with Gasteiger partial charge in [-0.1, -0.05) is 66.7 Å². The largest absolute Gasteiger partial charge is 0.454 e. The number of nitrogens with one attached hydrogen (secondary N) is 2. The van der Waals surface area contributed by atoms with Crippen molar-refractivity contribution < 1.29 is 23.9 Å². The molecule has 4 amide bonds. The number of hydrogen-bond donors (Lipinski definition) is 2. The molecule has 2 aliphatic heterocycles. The molecule has 0 aromatic heterocycles. The minimum Gasteiger partial charge on any atom is -0.454 e. The molecule has 5 rings (SSSR count). The molecule has 2 N–H and O–H groups in total. The Labute approximate surface area is 190 Å². The lowest BCUT2D eigenvalue weighted by Crippen LogP contribution is -2.46. The van der Waals surface area contributed by atoms with Crippen molar-refractivity contribution in [1.29, 1.82) is 0 Å². The minimum absolute atomic E-state index is 0.169. The molecule has 0 unspecified atom stereocenters. The molecule has 33 heavy (non-hydrogen) atoms. The molecule has 1 fully saturated rings. The summed E-state index contributed by atoms with van der Waals surface area (Å²) < 4.78 is 10.6. The number of fused-ring (bicyclic) bond motifs is 1. The maximum Gasteiger partial charge on any atom is 0.326 e. The first kappa shape index (κ1) is 20.6. The maximum absolute atomic E-state index is 13.6. The van der Waals surface area contributed by atoms with Crippen LogP contribution in [0.25, 0.3) is 0 Å². The van der Waals surface area contributed by atoms with Gasteiger partial charge in [-0.2, -0.15) is 0 Å². The van der Waals surface area contributed by atoms with E-state index in [4.69, 9.17) is 9.47 Å². The molecule has 3 aromatic carbocycles. The maximum atomic E-state index is 13.6. The number of carbonyl (C=O) groups excluding carboxylic acids is 3. The summed E-state index contributed by atoms with van der Waals surface area (Å²) in [5.41, 5.74) is 0.667. The summed E-state index contributed by atoms with van der Waals surface area (Å²) in [5.74, 6) is 0.324. The van der Waals surface area contributed by atoms with Gasteiger partial charge in [0.05, 0.1) is 0 Å². The van der Waals surface area contributed by atoms with Gasteiger partial charge in [0.15, 0.2) is 17.0 Å². The molecular weight excluding hydrogens is 422 g/mol. The van der Waals surface area contributed by atoms with Crippen LogP contribution in [0.3, 0.4) is 0 Å². The van der Waals surface area contributed by atoms with Crippen LogP contribution in [0.2, 0.25) is 0 Å². The Morgan fingerprint density at radius 3 is 2.21 bits per heavy atom. The second-order valence-corrected chi connectivity index (χ2v) is 7.77. The molecule has 2 heterocycles. The molecule has 1 saturated heterocycles. The number of nitrogens with zero attached hydrogens (tertiary/aromatic N) is 1. The number of benzene rings is 3. The van der Waals surface area contributed by atoms with E-state index in [9.17, 15) is 14.4 Å². The monoisotopic (exact) mass is 443 g/mol. The van der Waals surface area contributed by atoms with Crippen LogP contribution >= 0.6 is 0 Å². The van der Waals surface area contributed by atoms with Gasteiger partial charge < -0.3 is 20.1 Å². The van der Waals surface area contributed by atoms with E-state index in [-0.39, 0.29) is 13.3 Å². The fourth-order valence-electron chi connectivity index (χ4n) is 4.10. The highest BCUT2D eigenvalue weighted by atomic mass is 16.7. The smallest absolute Gasteiger partial charge is 0.326 e. The summed E-state index contributed by atoms with van der Waals surface area (Å²) in [6.07, 6.45) is 0. The Morgan fingerprint density at radius 2 is 1.55 bits per heavy atom. The highest BCUT2D eigenvalue weighted by Gasteiger charge is 2.54. The molecule has 3 aromatic rings. The van der Waals surface area contributed by atoms with Gasteiger partial charge in [0.1, 0.15) is 6.54 Å². The Balaban J connectivity index is 1.34. The van der Waals surface area contributed by atoms with Crippen LogP contribution in [-0.2, 0) is 21.7 Å². The normalized spacial score (nSPS) is 15.9. The first-order valence-electron chi connectivity index (χ1n) is 10.5. The third-order valence-electron chi connectivity index (χ3n) is 5.75. The van der Waals surface area contributed by atoms with Crippen molar-refractivity contribution in [2.24, 2.45) is 0 Å². The fourth-order valence-corrected chi connectivity index (χ4v) is 4.10. The number of imide groups is 1. The SMILES string of the molecule is O=C(CN1C(=O)NC(c2ccccc2)(c2ccccc2)C1=O)NCc1ccc2c(c1)OCO2. The zero-order valence-electron chi connectivity index (χ0n) is 17.6. The molecule has 0 aliphatic carbocycles. The molecule has 0 radical (unpaired) electrons. The van der Waals surface area contributed by atoms with E-state index in [1.807, 2.05) is 18.2 Å². The summed E-state index contributed by atoms with van der Waals surface area (Å²) in [6.45, 7) is 0.000178. The standard InChI is InChI=1S/C25H21N3O5/c29-22(26-14-17-11-12-20-21(13-17)33-16-32-20)15-28-23(30)25(27-24(28)31,18-7-3-1-4-8-18)19-9-5-2-6-10-19/h1-13H,14-16H2,(H,26,29)(H,27,31). The zero-order valence-corrected chi connectivity index (χ0v) is 17.6. The Hall–Kier alpha value is -4.33. The van der Waals surface area contributed by atoms with Crippen molar-refractivity contribution in [2.75, 3.05) is 13.3 Å². The van der Waals surface area contributed by atoms with Crippen molar-refractivity contribution in [3.05, 3.63) is 95.6 Å². The van der Waals surface area contributed by atoms with Crippen LogP contribution < -0.4 is 20.1 Å². The minimum atomic E-state index is -1.39. The van der Waals surface area contributed by atoms with Gasteiger partial charge >= 0.3 is 6.03 Å². The van der Waals surface area contributed by atoms with E-state index in [2.05, 4.69) is 10.6 Å². The fraction of sp³-hybridized carbons (Fsp3) is 0.160. The third-order valence-corrected chi connectivity index (χ3v) is 5.75. The van der Waals surface area contributed by atoms with Gasteiger partial charge in [-0.05, 0) is 28.8 Å². The van der Waals surface area contributed by atoms with Gasteiger partial charge in [-0.15, -0.1) is 0 Å². The van der Waals surface area contributed by atoms with Crippen molar-refractivity contribution in [3.8, 4) is 11.5 Å². The average Bonchev–Trinajstić information content (AvgIpc) is 3.42. The van der Waals surface area contributed by atoms with Gasteiger partial charge in [-0.25, -0.2) is 4.79 Å². The third kappa shape index (κ3) is 3.65. The molecule has 0 atom stereocenters. The molecule has 2 aliphatic rings. The van der Waals surface area contributed by atoms with Crippen molar-refractivity contribution in [3.63, 3.8) is 0 Å². The highest BCUT2D eigenvalue weighted by molar-refractivity contribution is 6.11. The van der Waals surface area contributed by atoms with Crippen molar-refractivity contribution in [1.82, 2.24) is 15.5 Å². The Kier molecular flexibility index (Phi) is 5.18. The number of carbonyl (C=O) groups is 3. The summed E-state index contributed by atoms with van der Waals surface area (Å²) in [6, 6.07) is 22.8. The molecule has 0 spiro atoms. The topological polar surface area (TPSA) is 97.0 Å². The number of hydrogen-bond acceptors (Lipinski definition) is 5. The van der Waals surface area contributed by atoms with Crippen LogP contribution in [0, 0.1) is 0 Å². The molecular formula is C25H21N3O5. The molecule has 0 bridgehead atoms. The van der Waals surface area contributed by atoms with E-state index in [0.717, 1.165) is 10.5 Å². The second kappa shape index (κ2) is 8.31. The van der Waals surface area contributed by atoms with E-state index in [1.165, 1.54) is 0 Å². The van der Waals surface area contributed by atoms with E-state index in [0.29, 0.717) is 22.6 Å². The molecule has 8 nitrogen and oxygen atoms in total. The van der Waals surface area contributed by atoms with E-state index in [1.54, 1.807) is 60.7 Å². The molecule has 166 valence electrons. The van der Waals surface area contributed by atoms with Crippen LogP contribution in [-0.4, -0.2) is 36.1 Å². The quantitative estimate of drug-likeness (QED) is 0.571. The highest BCUT2D eigenvalue weighted by Crippen LogP contribution is 2.36. The van der Waals surface area contributed by atoms with E-state index < -0.39 is 29.9 Å². The number of rotatable bonds is 6. The average molecular weight is 443 g/mol.